The number of carbonyl (C=O) groups excluding carboxylic acids is 2. The topological polar surface area (TPSA) is 58.2 Å². The minimum atomic E-state index is -0.152. The summed E-state index contributed by atoms with van der Waals surface area (Å²) < 4.78 is 0.902. The maximum Gasteiger partial charge on any atom is 0.239 e. The van der Waals surface area contributed by atoms with Gasteiger partial charge in [-0.3, -0.25) is 9.59 Å². The van der Waals surface area contributed by atoms with Crippen molar-refractivity contribution in [3.63, 3.8) is 0 Å². The summed E-state index contributed by atoms with van der Waals surface area (Å²) in [5.41, 5.74) is 0.911. The zero-order valence-electron chi connectivity index (χ0n) is 11.7. The van der Waals surface area contributed by atoms with Gasteiger partial charge in [-0.25, -0.2) is 0 Å². The third kappa shape index (κ3) is 6.70. The van der Waals surface area contributed by atoms with Crippen LogP contribution in [0.5, 0.6) is 0 Å². The third-order valence-electron chi connectivity index (χ3n) is 2.86. The zero-order chi connectivity index (χ0) is 14.8. The van der Waals surface area contributed by atoms with E-state index in [4.69, 9.17) is 0 Å². The van der Waals surface area contributed by atoms with E-state index in [2.05, 4.69) is 33.5 Å². The minimum Gasteiger partial charge on any atom is -0.355 e. The van der Waals surface area contributed by atoms with Crippen LogP contribution in [0.2, 0.25) is 0 Å². The van der Waals surface area contributed by atoms with Crippen LogP contribution in [0, 0.1) is 0 Å². The van der Waals surface area contributed by atoms with Crippen LogP contribution < -0.4 is 10.6 Å². The van der Waals surface area contributed by atoms with Gasteiger partial charge in [-0.1, -0.05) is 53.9 Å². The zero-order valence-corrected chi connectivity index (χ0v) is 13.3. The Balaban J connectivity index is 2.23. The molecule has 0 saturated carbocycles. The molecule has 0 aromatic heterocycles. The molecule has 2 N–H and O–H groups in total. The van der Waals surface area contributed by atoms with Crippen LogP contribution in [0.15, 0.2) is 28.7 Å². The van der Waals surface area contributed by atoms with Gasteiger partial charge in [-0.2, -0.15) is 0 Å². The number of unbranched alkanes of at least 4 members (excludes halogenated alkanes) is 2. The Bertz CT molecular complexity index is 449. The lowest BCUT2D eigenvalue weighted by Gasteiger charge is -2.07. The Morgan fingerprint density at radius 3 is 2.55 bits per heavy atom. The van der Waals surface area contributed by atoms with Gasteiger partial charge in [0.1, 0.15) is 0 Å². The van der Waals surface area contributed by atoms with Crippen LogP contribution >= 0.6 is 15.9 Å². The second-order valence-electron chi connectivity index (χ2n) is 4.60. The van der Waals surface area contributed by atoms with E-state index in [9.17, 15) is 9.59 Å². The Kier molecular flexibility index (Phi) is 7.95. The quantitative estimate of drug-likeness (QED) is 0.714. The van der Waals surface area contributed by atoms with Crippen molar-refractivity contribution in [3.05, 3.63) is 34.3 Å². The van der Waals surface area contributed by atoms with Crippen molar-refractivity contribution in [2.24, 2.45) is 0 Å². The minimum absolute atomic E-state index is 0.0371. The van der Waals surface area contributed by atoms with Gasteiger partial charge in [0.25, 0.3) is 0 Å². The fourth-order valence-corrected chi connectivity index (χ4v) is 2.15. The summed E-state index contributed by atoms with van der Waals surface area (Å²) in [4.78, 5) is 23.2. The summed E-state index contributed by atoms with van der Waals surface area (Å²) in [6.45, 7) is 2.83. The number of amides is 2. The van der Waals surface area contributed by atoms with E-state index < -0.39 is 0 Å². The molecule has 5 heteroatoms. The summed E-state index contributed by atoms with van der Waals surface area (Å²) in [7, 11) is 0. The molecule has 1 aromatic rings. The summed E-state index contributed by atoms with van der Waals surface area (Å²) in [5.74, 6) is -0.290. The van der Waals surface area contributed by atoms with E-state index in [1.165, 1.54) is 0 Å². The lowest BCUT2D eigenvalue weighted by atomic mass is 10.1. The predicted molar refractivity (Wildman–Crippen MR) is 83.4 cm³/mol. The molecule has 110 valence electrons. The highest BCUT2D eigenvalue weighted by Crippen LogP contribution is 2.15. The number of benzene rings is 1. The van der Waals surface area contributed by atoms with Crippen LogP contribution in [0.3, 0.4) is 0 Å². The van der Waals surface area contributed by atoms with Crippen molar-refractivity contribution in [2.45, 2.75) is 32.6 Å². The molecule has 0 heterocycles. The Hall–Kier alpha value is -1.36. The molecule has 0 unspecified atom stereocenters. The average molecular weight is 341 g/mol. The SMILES string of the molecule is CCCCCNC(=O)CNC(=O)Cc1ccccc1Br. The molecule has 4 nitrogen and oxygen atoms in total. The predicted octanol–water partition coefficient (Wildman–Crippen LogP) is 2.41. The van der Waals surface area contributed by atoms with E-state index in [1.807, 2.05) is 24.3 Å². The molecule has 0 aliphatic heterocycles. The molecule has 0 atom stereocenters. The lowest BCUT2D eigenvalue weighted by Crippen LogP contribution is -2.37. The molecule has 0 aliphatic rings. The standard InChI is InChI=1S/C15H21BrN2O2/c1-2-3-6-9-17-15(20)11-18-14(19)10-12-7-4-5-8-13(12)16/h4-5,7-8H,2-3,6,9-11H2,1H3,(H,17,20)(H,18,19). The van der Waals surface area contributed by atoms with Crippen LogP contribution in [-0.4, -0.2) is 24.9 Å². The fourth-order valence-electron chi connectivity index (χ4n) is 1.72. The molecular formula is C15H21BrN2O2. The first-order chi connectivity index (χ1) is 9.63. The monoisotopic (exact) mass is 340 g/mol. The van der Waals surface area contributed by atoms with E-state index in [0.29, 0.717) is 6.54 Å². The first kappa shape index (κ1) is 16.7. The molecule has 0 aliphatic carbocycles. The summed E-state index contributed by atoms with van der Waals surface area (Å²) in [5, 5.41) is 5.41. The molecule has 0 fully saturated rings. The number of halogens is 1. The summed E-state index contributed by atoms with van der Waals surface area (Å²) in [6, 6.07) is 7.56. The molecule has 20 heavy (non-hydrogen) atoms. The smallest absolute Gasteiger partial charge is 0.239 e. The second kappa shape index (κ2) is 9.53. The van der Waals surface area contributed by atoms with E-state index in [0.717, 1.165) is 29.3 Å². The molecule has 1 aromatic carbocycles. The third-order valence-corrected chi connectivity index (χ3v) is 3.63. The summed E-state index contributed by atoms with van der Waals surface area (Å²) >= 11 is 3.39. The van der Waals surface area contributed by atoms with Crippen LogP contribution in [0.4, 0.5) is 0 Å². The molecule has 1 rings (SSSR count). The molecule has 0 radical (unpaired) electrons. The first-order valence-electron chi connectivity index (χ1n) is 6.90. The van der Waals surface area contributed by atoms with Crippen molar-refractivity contribution >= 4 is 27.7 Å². The average Bonchev–Trinajstić information content (AvgIpc) is 2.44. The van der Waals surface area contributed by atoms with Crippen LogP contribution in [0.1, 0.15) is 31.7 Å². The van der Waals surface area contributed by atoms with Crippen molar-refractivity contribution in [1.29, 1.82) is 0 Å². The molecule has 0 saturated heterocycles. The van der Waals surface area contributed by atoms with E-state index in [1.54, 1.807) is 0 Å². The highest BCUT2D eigenvalue weighted by molar-refractivity contribution is 9.10. The fraction of sp³-hybridized carbons (Fsp3) is 0.467. The first-order valence-corrected chi connectivity index (χ1v) is 7.69. The Morgan fingerprint density at radius 1 is 1.10 bits per heavy atom. The van der Waals surface area contributed by atoms with Gasteiger partial charge in [-0.05, 0) is 18.1 Å². The van der Waals surface area contributed by atoms with Crippen LogP contribution in [-0.2, 0) is 16.0 Å². The molecule has 2 amide bonds. The van der Waals surface area contributed by atoms with Crippen molar-refractivity contribution in [1.82, 2.24) is 10.6 Å². The van der Waals surface area contributed by atoms with Crippen molar-refractivity contribution < 1.29 is 9.59 Å². The van der Waals surface area contributed by atoms with Gasteiger partial charge in [0, 0.05) is 11.0 Å². The Labute approximate surface area is 128 Å². The molecule has 0 spiro atoms. The molecular weight excluding hydrogens is 320 g/mol. The maximum atomic E-state index is 11.7. The number of rotatable bonds is 8. The van der Waals surface area contributed by atoms with Crippen LogP contribution in [0.25, 0.3) is 0 Å². The Morgan fingerprint density at radius 2 is 1.85 bits per heavy atom. The largest absolute Gasteiger partial charge is 0.355 e. The van der Waals surface area contributed by atoms with Gasteiger partial charge in [0.15, 0.2) is 0 Å². The second-order valence-corrected chi connectivity index (χ2v) is 5.46. The normalized spacial score (nSPS) is 10.1. The highest BCUT2D eigenvalue weighted by atomic mass is 79.9. The molecule has 0 bridgehead atoms. The highest BCUT2D eigenvalue weighted by Gasteiger charge is 2.08. The van der Waals surface area contributed by atoms with Crippen molar-refractivity contribution in [2.75, 3.05) is 13.1 Å². The summed E-state index contributed by atoms with van der Waals surface area (Å²) in [6.07, 6.45) is 3.48. The van der Waals surface area contributed by atoms with Crippen molar-refractivity contribution in [3.8, 4) is 0 Å². The van der Waals surface area contributed by atoms with E-state index in [-0.39, 0.29) is 24.8 Å². The van der Waals surface area contributed by atoms with Gasteiger partial charge in [0.05, 0.1) is 13.0 Å². The van der Waals surface area contributed by atoms with Gasteiger partial charge < -0.3 is 10.6 Å². The maximum absolute atomic E-state index is 11.7. The lowest BCUT2D eigenvalue weighted by molar-refractivity contribution is -0.125. The number of nitrogens with one attached hydrogen (secondary N) is 2. The van der Waals surface area contributed by atoms with Gasteiger partial charge in [0.2, 0.25) is 11.8 Å². The van der Waals surface area contributed by atoms with Gasteiger partial charge in [-0.15, -0.1) is 0 Å². The number of hydrogen-bond donors (Lipinski definition) is 2. The van der Waals surface area contributed by atoms with Gasteiger partial charge >= 0.3 is 0 Å². The van der Waals surface area contributed by atoms with E-state index >= 15 is 0 Å². The number of carbonyl (C=O) groups is 2. The number of hydrogen-bond acceptors (Lipinski definition) is 2.